The predicted octanol–water partition coefficient (Wildman–Crippen LogP) is 4.03. The molecular formula is C21H24FNO3. The minimum atomic E-state index is -0.774. The number of likely N-dealkylation sites (tertiary alicyclic amines) is 1. The smallest absolute Gasteiger partial charge is 0.307 e. The molecule has 3 rings (SSSR count). The summed E-state index contributed by atoms with van der Waals surface area (Å²) in [5.41, 5.74) is 2.85. The molecule has 2 aromatic carbocycles. The van der Waals surface area contributed by atoms with Crippen LogP contribution in [0.3, 0.4) is 0 Å². The fourth-order valence-corrected chi connectivity index (χ4v) is 3.79. The second-order valence-electron chi connectivity index (χ2n) is 6.88. The van der Waals surface area contributed by atoms with Crippen LogP contribution in [-0.4, -0.2) is 36.2 Å². The number of aryl methyl sites for hydroxylation is 1. The summed E-state index contributed by atoms with van der Waals surface area (Å²) in [6.45, 7) is 3.22. The topological polar surface area (TPSA) is 49.8 Å². The van der Waals surface area contributed by atoms with Gasteiger partial charge in [-0.05, 0) is 50.1 Å². The molecule has 0 radical (unpaired) electrons. The number of nitrogens with zero attached hydrogens (tertiary/aromatic N) is 1. The Labute approximate surface area is 153 Å². The van der Waals surface area contributed by atoms with Crippen LogP contribution < -0.4 is 4.74 Å². The average molecular weight is 357 g/mol. The highest BCUT2D eigenvalue weighted by Crippen LogP contribution is 2.37. The van der Waals surface area contributed by atoms with Gasteiger partial charge in [0.05, 0.1) is 19.1 Å². The number of ether oxygens (including phenoxy) is 1. The van der Waals surface area contributed by atoms with Crippen molar-refractivity contribution in [2.45, 2.75) is 25.8 Å². The third-order valence-corrected chi connectivity index (χ3v) is 5.01. The van der Waals surface area contributed by atoms with Crippen LogP contribution in [0, 0.1) is 18.7 Å². The molecule has 0 saturated carbocycles. The summed E-state index contributed by atoms with van der Waals surface area (Å²) in [5.74, 6) is -0.903. The van der Waals surface area contributed by atoms with Crippen molar-refractivity contribution in [3.05, 3.63) is 65.0 Å². The molecular weight excluding hydrogens is 333 g/mol. The van der Waals surface area contributed by atoms with Gasteiger partial charge in [0.15, 0.2) is 0 Å². The molecule has 1 fully saturated rings. The Morgan fingerprint density at radius 3 is 2.81 bits per heavy atom. The average Bonchev–Trinajstić information content (AvgIpc) is 2.62. The third kappa shape index (κ3) is 3.88. The Hall–Kier alpha value is -2.40. The van der Waals surface area contributed by atoms with E-state index in [1.807, 2.05) is 25.1 Å². The van der Waals surface area contributed by atoms with Crippen LogP contribution in [0.15, 0.2) is 42.5 Å². The van der Waals surface area contributed by atoms with E-state index in [1.54, 1.807) is 13.2 Å². The highest BCUT2D eigenvalue weighted by atomic mass is 19.1. The summed E-state index contributed by atoms with van der Waals surface area (Å²) < 4.78 is 19.5. The number of carboxylic acids is 1. The first-order chi connectivity index (χ1) is 12.5. The van der Waals surface area contributed by atoms with Gasteiger partial charge in [0.25, 0.3) is 0 Å². The molecule has 0 aromatic heterocycles. The Morgan fingerprint density at radius 2 is 2.12 bits per heavy atom. The Balaban J connectivity index is 2.08. The number of hydrogen-bond acceptors (Lipinski definition) is 3. The lowest BCUT2D eigenvalue weighted by atomic mass is 9.90. The number of methoxy groups -OCH3 is 1. The van der Waals surface area contributed by atoms with Crippen LogP contribution in [0.1, 0.15) is 35.6 Å². The van der Waals surface area contributed by atoms with Crippen LogP contribution in [0.4, 0.5) is 4.39 Å². The largest absolute Gasteiger partial charge is 0.496 e. The van der Waals surface area contributed by atoms with Gasteiger partial charge in [-0.1, -0.05) is 29.8 Å². The molecule has 5 heteroatoms. The van der Waals surface area contributed by atoms with E-state index in [9.17, 15) is 14.3 Å². The SMILES string of the molecule is COc1ccc(F)cc1C(c1cccc(C)c1)N1CCCC(C(=O)O)C1. The van der Waals surface area contributed by atoms with Crippen molar-refractivity contribution in [3.8, 4) is 5.75 Å². The number of rotatable bonds is 5. The van der Waals surface area contributed by atoms with Crippen molar-refractivity contribution in [3.63, 3.8) is 0 Å². The van der Waals surface area contributed by atoms with Gasteiger partial charge in [0, 0.05) is 12.1 Å². The molecule has 1 N–H and O–H groups in total. The van der Waals surface area contributed by atoms with E-state index >= 15 is 0 Å². The number of carbonyl (C=O) groups is 1. The van der Waals surface area contributed by atoms with Crippen molar-refractivity contribution in [1.29, 1.82) is 0 Å². The number of hydrogen-bond donors (Lipinski definition) is 1. The van der Waals surface area contributed by atoms with Gasteiger partial charge in [-0.15, -0.1) is 0 Å². The van der Waals surface area contributed by atoms with Gasteiger partial charge >= 0.3 is 5.97 Å². The molecule has 0 aliphatic carbocycles. The first-order valence-electron chi connectivity index (χ1n) is 8.86. The lowest BCUT2D eigenvalue weighted by Crippen LogP contribution is -2.41. The Morgan fingerprint density at radius 1 is 1.31 bits per heavy atom. The zero-order valence-electron chi connectivity index (χ0n) is 15.1. The van der Waals surface area contributed by atoms with Gasteiger partial charge in [-0.25, -0.2) is 4.39 Å². The molecule has 2 aromatic rings. The van der Waals surface area contributed by atoms with Crippen molar-refractivity contribution >= 4 is 5.97 Å². The quantitative estimate of drug-likeness (QED) is 0.878. The normalized spacial score (nSPS) is 19.1. The number of halogens is 1. The Bertz CT molecular complexity index is 793. The van der Waals surface area contributed by atoms with E-state index < -0.39 is 11.9 Å². The van der Waals surface area contributed by atoms with Crippen LogP contribution in [0.2, 0.25) is 0 Å². The predicted molar refractivity (Wildman–Crippen MR) is 97.9 cm³/mol. The third-order valence-electron chi connectivity index (χ3n) is 5.01. The fraction of sp³-hybridized carbons (Fsp3) is 0.381. The van der Waals surface area contributed by atoms with Crippen LogP contribution in [0.5, 0.6) is 5.75 Å². The minimum Gasteiger partial charge on any atom is -0.496 e. The summed E-state index contributed by atoms with van der Waals surface area (Å²) in [5, 5.41) is 9.46. The molecule has 1 aliphatic heterocycles. The highest BCUT2D eigenvalue weighted by Gasteiger charge is 2.32. The lowest BCUT2D eigenvalue weighted by molar-refractivity contribution is -0.143. The van der Waals surface area contributed by atoms with E-state index in [2.05, 4.69) is 11.0 Å². The molecule has 0 spiro atoms. The van der Waals surface area contributed by atoms with E-state index in [4.69, 9.17) is 4.74 Å². The maximum atomic E-state index is 14.0. The number of piperidine rings is 1. The maximum Gasteiger partial charge on any atom is 0.307 e. The van der Waals surface area contributed by atoms with E-state index in [0.717, 1.165) is 29.7 Å². The van der Waals surface area contributed by atoms with Crippen LogP contribution in [-0.2, 0) is 4.79 Å². The van der Waals surface area contributed by atoms with Crippen molar-refractivity contribution in [1.82, 2.24) is 4.90 Å². The monoisotopic (exact) mass is 357 g/mol. The molecule has 138 valence electrons. The zero-order valence-corrected chi connectivity index (χ0v) is 15.1. The molecule has 26 heavy (non-hydrogen) atoms. The molecule has 0 amide bonds. The lowest BCUT2D eigenvalue weighted by Gasteiger charge is -2.38. The maximum absolute atomic E-state index is 14.0. The summed E-state index contributed by atoms with van der Waals surface area (Å²) in [6.07, 6.45) is 1.48. The molecule has 2 atom stereocenters. The van der Waals surface area contributed by atoms with E-state index in [1.165, 1.54) is 12.1 Å². The summed E-state index contributed by atoms with van der Waals surface area (Å²) in [7, 11) is 1.57. The molecule has 4 nitrogen and oxygen atoms in total. The molecule has 1 saturated heterocycles. The van der Waals surface area contributed by atoms with Gasteiger partial charge in [0.1, 0.15) is 11.6 Å². The van der Waals surface area contributed by atoms with E-state index in [0.29, 0.717) is 18.7 Å². The minimum absolute atomic E-state index is 0.248. The summed E-state index contributed by atoms with van der Waals surface area (Å²) >= 11 is 0. The van der Waals surface area contributed by atoms with Gasteiger partial charge < -0.3 is 9.84 Å². The first-order valence-corrected chi connectivity index (χ1v) is 8.86. The Kier molecular flexibility index (Phi) is 5.57. The number of aliphatic carboxylic acids is 1. The summed E-state index contributed by atoms with van der Waals surface area (Å²) in [6, 6.07) is 12.3. The number of benzene rings is 2. The second kappa shape index (κ2) is 7.87. The molecule has 2 unspecified atom stereocenters. The zero-order chi connectivity index (χ0) is 18.7. The number of carboxylic acid groups (broad SMARTS) is 1. The van der Waals surface area contributed by atoms with Gasteiger partial charge in [-0.2, -0.15) is 0 Å². The molecule has 1 aliphatic rings. The van der Waals surface area contributed by atoms with Crippen molar-refractivity contribution in [2.24, 2.45) is 5.92 Å². The van der Waals surface area contributed by atoms with Crippen LogP contribution in [0.25, 0.3) is 0 Å². The van der Waals surface area contributed by atoms with E-state index in [-0.39, 0.29) is 11.9 Å². The van der Waals surface area contributed by atoms with Gasteiger partial charge in [-0.3, -0.25) is 9.69 Å². The first kappa shape index (κ1) is 18.4. The molecule has 0 bridgehead atoms. The van der Waals surface area contributed by atoms with Gasteiger partial charge in [0.2, 0.25) is 0 Å². The summed E-state index contributed by atoms with van der Waals surface area (Å²) in [4.78, 5) is 13.6. The highest BCUT2D eigenvalue weighted by molar-refractivity contribution is 5.70. The fourth-order valence-electron chi connectivity index (χ4n) is 3.79. The molecule has 1 heterocycles. The standard InChI is InChI=1S/C21H24FNO3/c1-14-5-3-6-15(11-14)20(18-12-17(22)8-9-19(18)26-2)23-10-4-7-16(13-23)21(24)25/h3,5-6,8-9,11-12,16,20H,4,7,10,13H2,1-2H3,(H,24,25). The van der Waals surface area contributed by atoms with Crippen LogP contribution >= 0.6 is 0 Å². The van der Waals surface area contributed by atoms with Crippen molar-refractivity contribution < 1.29 is 19.0 Å². The van der Waals surface area contributed by atoms with Crippen molar-refractivity contribution in [2.75, 3.05) is 20.2 Å². The second-order valence-corrected chi connectivity index (χ2v) is 6.88.